The van der Waals surface area contributed by atoms with Gasteiger partial charge < -0.3 is 9.80 Å². The van der Waals surface area contributed by atoms with E-state index in [4.69, 9.17) is 0 Å². The highest BCUT2D eigenvalue weighted by molar-refractivity contribution is 7.76. The number of amides is 2. The molecule has 4 fully saturated rings. The number of anilines is 2. The summed E-state index contributed by atoms with van der Waals surface area (Å²) in [6, 6.07) is 35.2. The Labute approximate surface area is 364 Å². The molecule has 0 saturated carbocycles. The first-order valence-electron chi connectivity index (χ1n) is 23.2. The molecule has 0 aromatic heterocycles. The van der Waals surface area contributed by atoms with Crippen LogP contribution in [-0.4, -0.2) is 98.6 Å². The Bertz CT molecular complexity index is 2230. The van der Waals surface area contributed by atoms with Crippen LogP contribution in [0.25, 0.3) is 0 Å². The predicted octanol–water partition coefficient (Wildman–Crippen LogP) is 7.76. The molecule has 0 spiro atoms. The summed E-state index contributed by atoms with van der Waals surface area (Å²) < 4.78 is 24.9. The lowest BCUT2D eigenvalue weighted by Gasteiger charge is -2.45. The fourth-order valence-electron chi connectivity index (χ4n) is 11.8. The molecule has 10 rings (SSSR count). The van der Waals surface area contributed by atoms with E-state index in [9.17, 15) is 18.4 Å². The highest BCUT2D eigenvalue weighted by atomic mass is 32.2. The minimum atomic E-state index is -2.31. The van der Waals surface area contributed by atoms with Gasteiger partial charge in [-0.2, -0.15) is 4.31 Å². The van der Waals surface area contributed by atoms with Gasteiger partial charge >= 0.3 is 0 Å². The van der Waals surface area contributed by atoms with Crippen molar-refractivity contribution < 1.29 is 18.4 Å². The van der Waals surface area contributed by atoms with Crippen LogP contribution in [0.5, 0.6) is 0 Å². The number of nitrogens with zero attached hydrogens (tertiary/aromatic N) is 5. The van der Waals surface area contributed by atoms with Crippen LogP contribution in [0.15, 0.2) is 97.1 Å². The SMILES string of the molecule is O=C1C(CCCN(C2CCN(c3ccc4c(c3)[C@H](Cc3ccccc3)[C@@H](N3CCC3)CC4)C2=O)S(=O)O)CCN1c1ccc2c(c1)[C@H](Cc1ccccc1)[C@@H](N1CCC1)CC2. The van der Waals surface area contributed by atoms with E-state index in [2.05, 4.69) is 107 Å². The molecule has 320 valence electrons. The second-order valence-electron chi connectivity index (χ2n) is 18.6. The van der Waals surface area contributed by atoms with E-state index < -0.39 is 17.3 Å². The fourth-order valence-corrected chi connectivity index (χ4v) is 12.5. The molecule has 4 aliphatic heterocycles. The number of rotatable bonds is 14. The van der Waals surface area contributed by atoms with Gasteiger partial charge in [0.15, 0.2) is 0 Å². The van der Waals surface area contributed by atoms with Gasteiger partial charge in [-0.05, 0) is 161 Å². The average Bonchev–Trinajstić information content (AvgIpc) is 3.81. The Kier molecular flexibility index (Phi) is 12.0. The molecule has 7 atom stereocenters. The van der Waals surface area contributed by atoms with E-state index in [1.807, 2.05) is 9.80 Å². The highest BCUT2D eigenvalue weighted by Gasteiger charge is 2.42. The van der Waals surface area contributed by atoms with Crippen LogP contribution in [0.1, 0.15) is 96.6 Å². The van der Waals surface area contributed by atoms with Gasteiger partial charge in [0.1, 0.15) is 6.04 Å². The van der Waals surface area contributed by atoms with Gasteiger partial charge in [-0.15, -0.1) is 0 Å². The van der Waals surface area contributed by atoms with Crippen molar-refractivity contribution in [2.45, 2.75) is 107 Å². The Morgan fingerprint density at radius 2 is 1.11 bits per heavy atom. The molecule has 1 N–H and O–H groups in total. The molecule has 9 nitrogen and oxygen atoms in total. The monoisotopic (exact) mass is 839 g/mol. The van der Waals surface area contributed by atoms with Gasteiger partial charge in [0, 0.05) is 60.8 Å². The molecule has 3 unspecified atom stereocenters. The van der Waals surface area contributed by atoms with Crippen LogP contribution in [0, 0.1) is 5.92 Å². The van der Waals surface area contributed by atoms with Crippen molar-refractivity contribution in [1.29, 1.82) is 0 Å². The molecule has 10 heteroatoms. The van der Waals surface area contributed by atoms with Gasteiger partial charge in [-0.25, -0.2) is 4.21 Å². The summed E-state index contributed by atoms with van der Waals surface area (Å²) in [5.74, 6) is 0.625. The molecule has 6 aliphatic rings. The van der Waals surface area contributed by atoms with Crippen molar-refractivity contribution in [2.24, 2.45) is 5.92 Å². The maximum absolute atomic E-state index is 14.2. The van der Waals surface area contributed by atoms with E-state index in [1.165, 1.54) is 70.0 Å². The zero-order valence-corrected chi connectivity index (χ0v) is 36.3. The topological polar surface area (TPSA) is 87.6 Å². The largest absolute Gasteiger partial charge is 0.312 e. The standard InChI is InChI=1S/C51H61N5O4S/c57-50-40(23-30-54(50)41-19-15-38-17-21-47(52-25-8-26-52)45(43(38)34-41)32-36-10-3-1-4-11-36)14-7-29-56(61(59)60)49-24-31-55(51(49)58)42-20-16-39-18-22-48(53-27-9-28-53)46(44(39)35-42)33-37-12-5-2-6-13-37/h1-6,10-13,15-16,19-20,34-35,40,45-49H,7-9,14,17-18,21-33H2,(H,59,60)/t40?,45-,46-,47-,48-,49?/m0/s1. The van der Waals surface area contributed by atoms with Crippen molar-refractivity contribution in [3.63, 3.8) is 0 Å². The molecule has 0 radical (unpaired) electrons. The van der Waals surface area contributed by atoms with Crippen LogP contribution in [0.4, 0.5) is 11.4 Å². The second kappa shape index (κ2) is 17.9. The van der Waals surface area contributed by atoms with Crippen molar-refractivity contribution in [2.75, 3.05) is 55.6 Å². The van der Waals surface area contributed by atoms with Crippen molar-refractivity contribution >= 4 is 34.5 Å². The first-order valence-corrected chi connectivity index (χ1v) is 24.3. The molecule has 61 heavy (non-hydrogen) atoms. The van der Waals surface area contributed by atoms with Gasteiger partial charge in [-0.3, -0.25) is 23.9 Å². The number of fused-ring (bicyclic) bond motifs is 2. The van der Waals surface area contributed by atoms with Crippen LogP contribution in [0.3, 0.4) is 0 Å². The van der Waals surface area contributed by atoms with Gasteiger partial charge in [0.05, 0.1) is 0 Å². The molecule has 4 saturated heterocycles. The first kappa shape index (κ1) is 40.9. The summed E-state index contributed by atoms with van der Waals surface area (Å²) in [6.07, 6.45) is 11.4. The van der Waals surface area contributed by atoms with Crippen molar-refractivity contribution in [3.05, 3.63) is 130 Å². The Hall–Kier alpha value is -4.19. The van der Waals surface area contributed by atoms with E-state index in [0.717, 1.165) is 63.0 Å². The van der Waals surface area contributed by atoms with Crippen LogP contribution >= 0.6 is 0 Å². The summed E-state index contributed by atoms with van der Waals surface area (Å²) >= 11 is -2.31. The normalized spacial score (nSPS) is 27.2. The number of benzene rings is 4. The molecule has 4 aromatic carbocycles. The maximum Gasteiger partial charge on any atom is 0.245 e. The number of hydrogen-bond acceptors (Lipinski definition) is 5. The van der Waals surface area contributed by atoms with Crippen molar-refractivity contribution in [1.82, 2.24) is 14.1 Å². The zero-order valence-electron chi connectivity index (χ0n) is 35.5. The van der Waals surface area contributed by atoms with Crippen LogP contribution in [0.2, 0.25) is 0 Å². The lowest BCUT2D eigenvalue weighted by Crippen LogP contribution is -2.50. The zero-order chi connectivity index (χ0) is 41.5. The van der Waals surface area contributed by atoms with E-state index in [-0.39, 0.29) is 24.3 Å². The maximum atomic E-state index is 14.2. The Morgan fingerprint density at radius 3 is 1.61 bits per heavy atom. The summed E-state index contributed by atoms with van der Waals surface area (Å²) in [7, 11) is 0. The second-order valence-corrected chi connectivity index (χ2v) is 19.6. The summed E-state index contributed by atoms with van der Waals surface area (Å²) in [4.78, 5) is 37.3. The third kappa shape index (κ3) is 8.27. The number of carbonyl (C=O) groups is 2. The van der Waals surface area contributed by atoms with Crippen LogP contribution < -0.4 is 9.80 Å². The molecule has 4 aromatic rings. The first-order chi connectivity index (χ1) is 29.9. The Balaban J connectivity index is 0.792. The van der Waals surface area contributed by atoms with Gasteiger partial charge in [0.2, 0.25) is 23.1 Å². The molecular formula is C51H61N5O4S. The van der Waals surface area contributed by atoms with E-state index in [1.54, 1.807) is 0 Å². The van der Waals surface area contributed by atoms with E-state index >= 15 is 0 Å². The lowest BCUT2D eigenvalue weighted by molar-refractivity contribution is -0.121. The van der Waals surface area contributed by atoms with Gasteiger partial charge in [-0.1, -0.05) is 72.8 Å². The minimum Gasteiger partial charge on any atom is -0.312 e. The predicted molar refractivity (Wildman–Crippen MR) is 243 cm³/mol. The fraction of sp³-hybridized carbons (Fsp3) is 0.490. The number of carbonyl (C=O) groups excluding carboxylic acids is 2. The lowest BCUT2D eigenvalue weighted by atomic mass is 9.74. The van der Waals surface area contributed by atoms with E-state index in [0.29, 0.717) is 56.3 Å². The smallest absolute Gasteiger partial charge is 0.245 e. The van der Waals surface area contributed by atoms with Gasteiger partial charge in [0.25, 0.3) is 0 Å². The Morgan fingerprint density at radius 1 is 0.607 bits per heavy atom. The highest BCUT2D eigenvalue weighted by Crippen LogP contribution is 2.43. The van der Waals surface area contributed by atoms with Crippen LogP contribution in [-0.2, 0) is 46.5 Å². The quantitative estimate of drug-likeness (QED) is 0.131. The number of aryl methyl sites for hydroxylation is 2. The molecular weight excluding hydrogens is 779 g/mol. The van der Waals surface area contributed by atoms with Crippen molar-refractivity contribution in [3.8, 4) is 0 Å². The molecule has 2 aliphatic carbocycles. The molecule has 0 bridgehead atoms. The molecule has 4 heterocycles. The summed E-state index contributed by atoms with van der Waals surface area (Å²) in [6.45, 7) is 6.14. The third-order valence-corrected chi connectivity index (χ3v) is 16.2. The summed E-state index contributed by atoms with van der Waals surface area (Å²) in [5.41, 5.74) is 10.1. The summed E-state index contributed by atoms with van der Waals surface area (Å²) in [5, 5.41) is 0. The number of hydrogen-bond donors (Lipinski definition) is 1. The molecule has 2 amide bonds. The minimum absolute atomic E-state index is 0.116. The number of likely N-dealkylation sites (tertiary alicyclic amines) is 2. The third-order valence-electron chi connectivity index (χ3n) is 15.3. The average molecular weight is 840 g/mol.